The van der Waals surface area contributed by atoms with Gasteiger partial charge in [0.05, 0.1) is 12.3 Å². The fourth-order valence-electron chi connectivity index (χ4n) is 1.59. The molecule has 0 aromatic heterocycles. The highest BCUT2D eigenvalue weighted by molar-refractivity contribution is 5.67. The van der Waals surface area contributed by atoms with Gasteiger partial charge in [0, 0.05) is 20.2 Å². The van der Waals surface area contributed by atoms with E-state index in [0.29, 0.717) is 18.8 Å². The molecule has 1 amide bonds. The Labute approximate surface area is 124 Å². The number of hydrogen-bond donors (Lipinski definition) is 2. The molecule has 1 aromatic carbocycles. The molecular formula is C15H23FN2O3. The fraction of sp³-hybridized carbons (Fsp3) is 0.533. The van der Waals surface area contributed by atoms with Crippen LogP contribution in [0.15, 0.2) is 18.2 Å². The zero-order valence-corrected chi connectivity index (χ0v) is 13.0. The first-order chi connectivity index (χ1) is 9.81. The van der Waals surface area contributed by atoms with E-state index in [1.807, 2.05) is 0 Å². The predicted molar refractivity (Wildman–Crippen MR) is 79.8 cm³/mol. The first-order valence-corrected chi connectivity index (χ1v) is 6.80. The largest absolute Gasteiger partial charge is 0.444 e. The third-order valence-corrected chi connectivity index (χ3v) is 2.49. The monoisotopic (exact) mass is 298 g/mol. The quantitative estimate of drug-likeness (QED) is 0.793. The summed E-state index contributed by atoms with van der Waals surface area (Å²) in [5.74, 6) is -0.341. The Morgan fingerprint density at radius 2 is 2.05 bits per heavy atom. The van der Waals surface area contributed by atoms with Gasteiger partial charge >= 0.3 is 6.09 Å². The molecule has 0 atom stereocenters. The number of amides is 1. The van der Waals surface area contributed by atoms with E-state index < -0.39 is 11.7 Å². The van der Waals surface area contributed by atoms with Crippen molar-refractivity contribution in [3.63, 3.8) is 0 Å². The van der Waals surface area contributed by atoms with E-state index in [-0.39, 0.29) is 12.4 Å². The van der Waals surface area contributed by atoms with Crippen LogP contribution in [0.1, 0.15) is 26.3 Å². The van der Waals surface area contributed by atoms with Gasteiger partial charge in [0.15, 0.2) is 0 Å². The van der Waals surface area contributed by atoms with Gasteiger partial charge in [-0.05, 0) is 38.5 Å². The summed E-state index contributed by atoms with van der Waals surface area (Å²) >= 11 is 0. The second kappa shape index (κ2) is 7.83. The van der Waals surface area contributed by atoms with Crippen LogP contribution in [-0.2, 0) is 16.0 Å². The first kappa shape index (κ1) is 17.2. The van der Waals surface area contributed by atoms with Crippen LogP contribution >= 0.6 is 0 Å². The number of rotatable bonds is 6. The minimum Gasteiger partial charge on any atom is -0.444 e. The molecule has 2 N–H and O–H groups in total. The Kier molecular flexibility index (Phi) is 6.42. The Morgan fingerprint density at radius 1 is 1.33 bits per heavy atom. The molecule has 0 unspecified atom stereocenters. The fourth-order valence-corrected chi connectivity index (χ4v) is 1.59. The van der Waals surface area contributed by atoms with E-state index in [0.717, 1.165) is 5.56 Å². The number of alkyl carbamates (subject to hydrolysis) is 1. The molecule has 5 nitrogen and oxygen atoms in total. The van der Waals surface area contributed by atoms with E-state index in [1.165, 1.54) is 6.07 Å². The highest BCUT2D eigenvalue weighted by Crippen LogP contribution is 2.16. The molecule has 0 aliphatic heterocycles. The number of anilines is 1. The number of halogens is 1. The van der Waals surface area contributed by atoms with Gasteiger partial charge in [0.25, 0.3) is 0 Å². The van der Waals surface area contributed by atoms with Crippen LogP contribution in [0, 0.1) is 5.82 Å². The minimum absolute atomic E-state index is 0.272. The summed E-state index contributed by atoms with van der Waals surface area (Å²) in [6.45, 7) is 6.65. The lowest BCUT2D eigenvalue weighted by Crippen LogP contribution is -2.32. The van der Waals surface area contributed by atoms with Crippen LogP contribution in [0.4, 0.5) is 14.9 Å². The number of carbonyl (C=O) groups excluding carboxylic acids is 1. The maximum absolute atomic E-state index is 13.6. The summed E-state index contributed by atoms with van der Waals surface area (Å²) in [5.41, 5.74) is 0.623. The van der Waals surface area contributed by atoms with Crippen LogP contribution in [-0.4, -0.2) is 32.0 Å². The molecule has 0 bridgehead atoms. The molecule has 0 spiro atoms. The van der Waals surface area contributed by atoms with E-state index in [2.05, 4.69) is 10.6 Å². The molecule has 0 saturated heterocycles. The van der Waals surface area contributed by atoms with Crippen molar-refractivity contribution in [3.8, 4) is 0 Å². The van der Waals surface area contributed by atoms with Crippen molar-refractivity contribution >= 4 is 11.8 Å². The van der Waals surface area contributed by atoms with Gasteiger partial charge in [-0.3, -0.25) is 0 Å². The summed E-state index contributed by atoms with van der Waals surface area (Å²) in [7, 11) is 1.58. The summed E-state index contributed by atoms with van der Waals surface area (Å²) in [6.07, 6.45) is -0.499. The Morgan fingerprint density at radius 3 is 2.67 bits per heavy atom. The third kappa shape index (κ3) is 6.94. The van der Waals surface area contributed by atoms with Crippen LogP contribution in [0.2, 0.25) is 0 Å². The van der Waals surface area contributed by atoms with Crippen LogP contribution in [0.3, 0.4) is 0 Å². The number of methoxy groups -OCH3 is 1. The van der Waals surface area contributed by atoms with Crippen molar-refractivity contribution in [2.75, 3.05) is 25.6 Å². The van der Waals surface area contributed by atoms with Gasteiger partial charge in [0.2, 0.25) is 0 Å². The Balaban J connectivity index is 2.55. The number of hydrogen-bond acceptors (Lipinski definition) is 4. The van der Waals surface area contributed by atoms with Gasteiger partial charge in [-0.15, -0.1) is 0 Å². The third-order valence-electron chi connectivity index (χ3n) is 2.49. The molecule has 21 heavy (non-hydrogen) atoms. The van der Waals surface area contributed by atoms with E-state index in [4.69, 9.17) is 9.47 Å². The second-order valence-corrected chi connectivity index (χ2v) is 5.59. The highest BCUT2D eigenvalue weighted by atomic mass is 19.1. The summed E-state index contributed by atoms with van der Waals surface area (Å²) in [6, 6.07) is 4.64. The van der Waals surface area contributed by atoms with Gasteiger partial charge in [-0.1, -0.05) is 6.07 Å². The lowest BCUT2D eigenvalue weighted by atomic mass is 10.2. The van der Waals surface area contributed by atoms with E-state index in [1.54, 1.807) is 40.0 Å². The highest BCUT2D eigenvalue weighted by Gasteiger charge is 2.15. The molecule has 0 radical (unpaired) electrons. The topological polar surface area (TPSA) is 59.6 Å². The van der Waals surface area contributed by atoms with E-state index >= 15 is 0 Å². The lowest BCUT2D eigenvalue weighted by Gasteiger charge is -2.19. The molecule has 6 heteroatoms. The SMILES string of the molecule is COCCNc1cc(CNC(=O)OC(C)(C)C)ccc1F. The van der Waals surface area contributed by atoms with Crippen molar-refractivity contribution in [3.05, 3.63) is 29.6 Å². The van der Waals surface area contributed by atoms with Gasteiger partial charge in [0.1, 0.15) is 11.4 Å². The number of nitrogens with one attached hydrogen (secondary N) is 2. The molecule has 0 aliphatic carbocycles. The van der Waals surface area contributed by atoms with Gasteiger partial charge in [-0.25, -0.2) is 9.18 Å². The summed E-state index contributed by atoms with van der Waals surface area (Å²) in [4.78, 5) is 11.6. The Bertz CT molecular complexity index is 472. The molecule has 1 aromatic rings. The number of benzene rings is 1. The molecule has 0 heterocycles. The first-order valence-electron chi connectivity index (χ1n) is 6.80. The van der Waals surface area contributed by atoms with Gasteiger partial charge in [-0.2, -0.15) is 0 Å². The molecule has 0 fully saturated rings. The number of carbonyl (C=O) groups is 1. The average molecular weight is 298 g/mol. The van der Waals surface area contributed by atoms with Crippen LogP contribution in [0.25, 0.3) is 0 Å². The van der Waals surface area contributed by atoms with E-state index in [9.17, 15) is 9.18 Å². The maximum atomic E-state index is 13.6. The number of ether oxygens (including phenoxy) is 2. The maximum Gasteiger partial charge on any atom is 0.407 e. The normalized spacial score (nSPS) is 11.1. The van der Waals surface area contributed by atoms with Crippen LogP contribution in [0.5, 0.6) is 0 Å². The molecule has 118 valence electrons. The predicted octanol–water partition coefficient (Wildman–Crippen LogP) is 2.91. The molecular weight excluding hydrogens is 275 g/mol. The zero-order valence-electron chi connectivity index (χ0n) is 13.0. The minimum atomic E-state index is -0.542. The molecule has 1 rings (SSSR count). The summed E-state index contributed by atoms with van der Waals surface area (Å²) in [5, 5.41) is 5.57. The van der Waals surface area contributed by atoms with Crippen molar-refractivity contribution in [1.82, 2.24) is 5.32 Å². The average Bonchev–Trinajstić information content (AvgIpc) is 2.37. The van der Waals surface area contributed by atoms with Gasteiger partial charge < -0.3 is 20.1 Å². The van der Waals surface area contributed by atoms with Crippen molar-refractivity contribution in [2.24, 2.45) is 0 Å². The molecule has 0 aliphatic rings. The van der Waals surface area contributed by atoms with Crippen LogP contribution < -0.4 is 10.6 Å². The zero-order chi connectivity index (χ0) is 15.9. The molecule has 0 saturated carbocycles. The second-order valence-electron chi connectivity index (χ2n) is 5.59. The Hall–Kier alpha value is -1.82. The van der Waals surface area contributed by atoms with Crippen molar-refractivity contribution in [2.45, 2.75) is 32.9 Å². The smallest absolute Gasteiger partial charge is 0.407 e. The summed E-state index contributed by atoms with van der Waals surface area (Å²) < 4.78 is 23.6. The van der Waals surface area contributed by atoms with Crippen molar-refractivity contribution in [1.29, 1.82) is 0 Å². The van der Waals surface area contributed by atoms with Crippen molar-refractivity contribution < 1.29 is 18.7 Å². The lowest BCUT2D eigenvalue weighted by molar-refractivity contribution is 0.0523. The standard InChI is InChI=1S/C15H23FN2O3/c1-15(2,3)21-14(19)18-10-11-5-6-12(16)13(9-11)17-7-8-20-4/h5-6,9,17H,7-8,10H2,1-4H3,(H,18,19).